The van der Waals surface area contributed by atoms with Crippen LogP contribution in [0.5, 0.6) is 5.75 Å². The van der Waals surface area contributed by atoms with Gasteiger partial charge in [-0.2, -0.15) is 0 Å². The summed E-state index contributed by atoms with van der Waals surface area (Å²) in [6, 6.07) is 7.63. The third kappa shape index (κ3) is 12.9. The predicted octanol–water partition coefficient (Wildman–Crippen LogP) is 2.45. The van der Waals surface area contributed by atoms with Crippen molar-refractivity contribution in [1.29, 1.82) is 0 Å². The van der Waals surface area contributed by atoms with Crippen molar-refractivity contribution < 1.29 is 24.2 Å². The van der Waals surface area contributed by atoms with Crippen LogP contribution in [-0.4, -0.2) is 127 Å². The quantitative estimate of drug-likeness (QED) is 0.376. The number of aliphatic hydroxyl groups is 1. The van der Waals surface area contributed by atoms with Crippen LogP contribution in [0.3, 0.4) is 0 Å². The SMILES string of the molecule is C=C(O)CN1CCN(CC(C)=O)CCN(C(Cc2ccc(OCCC)cc2)C(C)=O)CCN(CC(C)=O)CC1. The van der Waals surface area contributed by atoms with Crippen LogP contribution in [0.2, 0.25) is 0 Å². The van der Waals surface area contributed by atoms with Crippen molar-refractivity contribution in [1.82, 2.24) is 19.6 Å². The number of carbonyl (C=O) groups excluding carboxylic acids is 3. The predicted molar refractivity (Wildman–Crippen MR) is 154 cm³/mol. The molecule has 9 heteroatoms. The first kappa shape index (κ1) is 32.6. The average molecular weight is 545 g/mol. The molecule has 0 saturated carbocycles. The lowest BCUT2D eigenvalue weighted by atomic mass is 10.0. The summed E-state index contributed by atoms with van der Waals surface area (Å²) in [5.74, 6) is 1.20. The van der Waals surface area contributed by atoms with Gasteiger partial charge in [0.1, 0.15) is 23.1 Å². The third-order valence-corrected chi connectivity index (χ3v) is 6.91. The maximum Gasteiger partial charge on any atom is 0.147 e. The van der Waals surface area contributed by atoms with Crippen molar-refractivity contribution in [3.8, 4) is 5.75 Å². The second kappa shape index (κ2) is 17.2. The molecule has 39 heavy (non-hydrogen) atoms. The molecule has 0 spiro atoms. The monoisotopic (exact) mass is 544 g/mol. The largest absolute Gasteiger partial charge is 0.512 e. The van der Waals surface area contributed by atoms with Gasteiger partial charge in [0.2, 0.25) is 0 Å². The zero-order valence-electron chi connectivity index (χ0n) is 24.4. The Bertz CT molecular complexity index is 904. The minimum Gasteiger partial charge on any atom is -0.512 e. The zero-order chi connectivity index (χ0) is 28.8. The van der Waals surface area contributed by atoms with Gasteiger partial charge in [0, 0.05) is 52.4 Å². The third-order valence-electron chi connectivity index (χ3n) is 6.91. The molecule has 1 unspecified atom stereocenters. The number of hydrogen-bond donors (Lipinski definition) is 1. The van der Waals surface area contributed by atoms with E-state index in [0.717, 1.165) is 17.7 Å². The Hall–Kier alpha value is -2.59. The Kier molecular flexibility index (Phi) is 14.4. The molecule has 0 bridgehead atoms. The van der Waals surface area contributed by atoms with Crippen LogP contribution < -0.4 is 4.74 Å². The molecule has 1 saturated heterocycles. The van der Waals surface area contributed by atoms with E-state index in [1.807, 2.05) is 24.3 Å². The molecule has 1 N–H and O–H groups in total. The van der Waals surface area contributed by atoms with Crippen molar-refractivity contribution in [3.05, 3.63) is 42.2 Å². The van der Waals surface area contributed by atoms with E-state index in [0.29, 0.717) is 85.0 Å². The molecule has 1 atom stereocenters. The average Bonchev–Trinajstić information content (AvgIpc) is 2.86. The van der Waals surface area contributed by atoms with E-state index in [2.05, 4.69) is 33.1 Å². The number of rotatable bonds is 13. The minimum atomic E-state index is -0.317. The molecule has 0 radical (unpaired) electrons. The molecule has 1 aromatic rings. The molecule has 218 valence electrons. The highest BCUT2D eigenvalue weighted by Gasteiger charge is 2.26. The fraction of sp³-hybridized carbons (Fsp3) is 0.633. The summed E-state index contributed by atoms with van der Waals surface area (Å²) in [6.45, 7) is 17.3. The molecule has 0 aliphatic carbocycles. The Morgan fingerprint density at radius 3 is 1.69 bits per heavy atom. The second-order valence-electron chi connectivity index (χ2n) is 10.7. The molecular weight excluding hydrogens is 496 g/mol. The van der Waals surface area contributed by atoms with Crippen LogP contribution in [0.15, 0.2) is 36.6 Å². The number of carbonyl (C=O) groups is 3. The van der Waals surface area contributed by atoms with Crippen LogP contribution in [0, 0.1) is 0 Å². The van der Waals surface area contributed by atoms with E-state index in [9.17, 15) is 19.5 Å². The fourth-order valence-corrected chi connectivity index (χ4v) is 4.92. The molecule has 1 aromatic carbocycles. The molecule has 1 heterocycles. The van der Waals surface area contributed by atoms with Gasteiger partial charge in [-0.3, -0.25) is 34.0 Å². The van der Waals surface area contributed by atoms with Crippen LogP contribution >= 0.6 is 0 Å². The first-order valence-electron chi connectivity index (χ1n) is 14.1. The fourth-order valence-electron chi connectivity index (χ4n) is 4.92. The summed E-state index contributed by atoms with van der Waals surface area (Å²) in [5.41, 5.74) is 1.06. The molecule has 1 aliphatic rings. The number of aliphatic hydroxyl groups excluding tert-OH is 1. The van der Waals surface area contributed by atoms with Gasteiger partial charge in [-0.1, -0.05) is 25.6 Å². The Morgan fingerprint density at radius 2 is 1.28 bits per heavy atom. The van der Waals surface area contributed by atoms with E-state index in [1.165, 1.54) is 0 Å². The van der Waals surface area contributed by atoms with Gasteiger partial charge < -0.3 is 9.84 Å². The number of hydrogen-bond acceptors (Lipinski definition) is 9. The van der Waals surface area contributed by atoms with Crippen molar-refractivity contribution in [2.75, 3.05) is 78.6 Å². The summed E-state index contributed by atoms with van der Waals surface area (Å²) in [4.78, 5) is 45.6. The summed E-state index contributed by atoms with van der Waals surface area (Å²) in [5, 5.41) is 9.82. The highest BCUT2D eigenvalue weighted by Crippen LogP contribution is 2.17. The molecule has 1 aliphatic heterocycles. The van der Waals surface area contributed by atoms with Gasteiger partial charge in [-0.05, 0) is 51.3 Å². The topological polar surface area (TPSA) is 93.6 Å². The molecule has 9 nitrogen and oxygen atoms in total. The zero-order valence-corrected chi connectivity index (χ0v) is 24.4. The highest BCUT2D eigenvalue weighted by atomic mass is 16.5. The van der Waals surface area contributed by atoms with E-state index >= 15 is 0 Å². The standard InChI is InChI=1S/C30H48N4O5/c1-6-19-39-29-9-7-28(8-10-29)20-30(27(5)38)34-17-15-32(22-25(3)36)13-11-31(21-24(2)35)12-14-33(16-18-34)23-26(4)37/h7-10,30,35H,2,6,11-23H2,1,3-5H3. The number of ether oxygens (including phenoxy) is 1. The molecule has 0 aromatic heterocycles. The minimum absolute atomic E-state index is 0.0906. The van der Waals surface area contributed by atoms with Gasteiger partial charge in [-0.25, -0.2) is 0 Å². The maximum atomic E-state index is 13.0. The Morgan fingerprint density at radius 1 is 0.821 bits per heavy atom. The van der Waals surface area contributed by atoms with Crippen molar-refractivity contribution >= 4 is 17.3 Å². The van der Waals surface area contributed by atoms with Gasteiger partial charge in [0.15, 0.2) is 0 Å². The first-order chi connectivity index (χ1) is 18.6. The lowest BCUT2D eigenvalue weighted by Gasteiger charge is -2.36. The van der Waals surface area contributed by atoms with Gasteiger partial charge in [0.05, 0.1) is 38.0 Å². The Balaban J connectivity index is 2.26. The highest BCUT2D eigenvalue weighted by molar-refractivity contribution is 5.82. The number of nitrogens with zero attached hydrogens (tertiary/aromatic N) is 4. The van der Waals surface area contributed by atoms with Gasteiger partial charge in [0.25, 0.3) is 0 Å². The van der Waals surface area contributed by atoms with Gasteiger partial charge >= 0.3 is 0 Å². The maximum absolute atomic E-state index is 13.0. The lowest BCUT2D eigenvalue weighted by Crippen LogP contribution is -2.51. The first-order valence-corrected chi connectivity index (χ1v) is 14.1. The molecule has 2 rings (SSSR count). The van der Waals surface area contributed by atoms with E-state index in [-0.39, 0.29) is 29.2 Å². The van der Waals surface area contributed by atoms with Crippen LogP contribution in [-0.2, 0) is 20.8 Å². The number of benzene rings is 1. The number of ketones is 3. The summed E-state index contributed by atoms with van der Waals surface area (Å²) in [7, 11) is 0. The normalized spacial score (nSPS) is 18.1. The second-order valence-corrected chi connectivity index (χ2v) is 10.7. The van der Waals surface area contributed by atoms with Crippen LogP contribution in [0.25, 0.3) is 0 Å². The van der Waals surface area contributed by atoms with Gasteiger partial charge in [-0.15, -0.1) is 0 Å². The van der Waals surface area contributed by atoms with Crippen molar-refractivity contribution in [2.24, 2.45) is 0 Å². The molecule has 1 fully saturated rings. The summed E-state index contributed by atoms with van der Waals surface area (Å²) < 4.78 is 5.71. The summed E-state index contributed by atoms with van der Waals surface area (Å²) in [6.07, 6.45) is 1.52. The molecular formula is C30H48N4O5. The van der Waals surface area contributed by atoms with Crippen molar-refractivity contribution in [3.63, 3.8) is 0 Å². The smallest absolute Gasteiger partial charge is 0.147 e. The van der Waals surface area contributed by atoms with E-state index in [1.54, 1.807) is 20.8 Å². The van der Waals surface area contributed by atoms with E-state index < -0.39 is 0 Å². The van der Waals surface area contributed by atoms with Crippen LogP contribution in [0.4, 0.5) is 0 Å². The lowest BCUT2D eigenvalue weighted by molar-refractivity contribution is -0.123. The Labute approximate surface area is 234 Å². The van der Waals surface area contributed by atoms with Crippen LogP contribution in [0.1, 0.15) is 39.7 Å². The van der Waals surface area contributed by atoms with Crippen molar-refractivity contribution in [2.45, 2.75) is 46.6 Å². The van der Waals surface area contributed by atoms with E-state index in [4.69, 9.17) is 4.74 Å². The summed E-state index contributed by atoms with van der Waals surface area (Å²) >= 11 is 0. The number of Topliss-reactive ketones (excluding diaryl/α,β-unsaturated/α-hetero) is 3. The molecule has 0 amide bonds.